The number of ether oxygens (including phenoxy) is 4. The van der Waals surface area contributed by atoms with Gasteiger partial charge in [0.1, 0.15) is 19.3 Å². The highest BCUT2D eigenvalue weighted by Crippen LogP contribution is 2.45. The molecule has 2 unspecified atom stereocenters. The van der Waals surface area contributed by atoms with E-state index in [1.54, 1.807) is 0 Å². The second-order valence-corrected chi connectivity index (χ2v) is 28.8. The molecule has 3 N–H and O–H groups in total. The van der Waals surface area contributed by atoms with Crippen molar-refractivity contribution in [3.05, 3.63) is 0 Å². The van der Waals surface area contributed by atoms with E-state index in [9.17, 15) is 43.2 Å². The van der Waals surface area contributed by atoms with Gasteiger partial charge in [0.25, 0.3) is 0 Å². The summed E-state index contributed by atoms with van der Waals surface area (Å²) in [4.78, 5) is 72.4. The molecule has 0 spiro atoms. The SMILES string of the molecule is CCCCCCCCCCCCCCCC(=O)OC[C@H](COP(=O)(O)OC[C@@H](O)COP(=O)(O)OC[C@@H](COC(=O)CCCCCCCCCC)OC(=O)CCCCCCCCCCC(C)C)OC(=O)CCCCCCCCCCCCCCCC(C)C. The van der Waals surface area contributed by atoms with Gasteiger partial charge in [-0.05, 0) is 37.5 Å². The lowest BCUT2D eigenvalue weighted by atomic mass is 10.0. The molecule has 0 aliphatic heterocycles. The van der Waals surface area contributed by atoms with Crippen molar-refractivity contribution in [1.29, 1.82) is 0 Å². The largest absolute Gasteiger partial charge is 0.472 e. The monoisotopic (exact) mass is 1300 g/mol. The molecule has 17 nitrogen and oxygen atoms in total. The summed E-state index contributed by atoms with van der Waals surface area (Å²) in [7, 11) is -9.89. The van der Waals surface area contributed by atoms with Gasteiger partial charge in [-0.3, -0.25) is 37.3 Å². The van der Waals surface area contributed by atoms with E-state index < -0.39 is 97.5 Å². The van der Waals surface area contributed by atoms with Crippen LogP contribution >= 0.6 is 15.6 Å². The van der Waals surface area contributed by atoms with Gasteiger partial charge in [-0.2, -0.15) is 0 Å². The third kappa shape index (κ3) is 62.8. The number of carbonyl (C=O) groups excluding carboxylic acids is 4. The molecule has 0 amide bonds. The maximum absolute atomic E-state index is 13.0. The third-order valence-electron chi connectivity index (χ3n) is 16.0. The topological polar surface area (TPSA) is 237 Å². The Morgan fingerprint density at radius 3 is 0.773 bits per heavy atom. The molecule has 0 fully saturated rings. The van der Waals surface area contributed by atoms with Crippen LogP contribution < -0.4 is 0 Å². The molecule has 522 valence electrons. The van der Waals surface area contributed by atoms with E-state index in [4.69, 9.17) is 37.0 Å². The van der Waals surface area contributed by atoms with Gasteiger partial charge in [0, 0.05) is 25.7 Å². The number of esters is 4. The molecule has 0 rings (SSSR count). The van der Waals surface area contributed by atoms with Gasteiger partial charge < -0.3 is 33.8 Å². The average Bonchev–Trinajstić information content (AvgIpc) is 3.66. The number of hydrogen-bond acceptors (Lipinski definition) is 15. The fourth-order valence-electron chi connectivity index (χ4n) is 10.4. The van der Waals surface area contributed by atoms with Crippen LogP contribution in [0.15, 0.2) is 0 Å². The highest BCUT2D eigenvalue weighted by Gasteiger charge is 2.30. The molecule has 0 heterocycles. The fraction of sp³-hybridized carbons (Fsp3) is 0.942. The molecule has 0 saturated heterocycles. The molecule has 0 bridgehead atoms. The minimum Gasteiger partial charge on any atom is -0.462 e. The third-order valence-corrected chi connectivity index (χ3v) is 17.9. The van der Waals surface area contributed by atoms with E-state index in [2.05, 4.69) is 41.5 Å². The Bertz CT molecular complexity index is 1720. The van der Waals surface area contributed by atoms with Crippen molar-refractivity contribution in [1.82, 2.24) is 0 Å². The van der Waals surface area contributed by atoms with Crippen molar-refractivity contribution in [3.63, 3.8) is 0 Å². The number of aliphatic hydroxyl groups excluding tert-OH is 1. The van der Waals surface area contributed by atoms with Crippen molar-refractivity contribution in [3.8, 4) is 0 Å². The quantitative estimate of drug-likeness (QED) is 0.0222. The lowest BCUT2D eigenvalue weighted by Crippen LogP contribution is -2.30. The standard InChI is InChI=1S/C69H134O17P2/c1-7-9-11-13-15-17-18-20-24-27-34-40-46-52-67(72)80-58-65(85-68(73)53-47-41-35-28-25-22-19-21-23-26-31-37-43-49-61(3)4)60-84-88(77,78)82-56-63(70)55-81-87(75,76)83-59-64(57-79-66(71)51-45-39-33-16-14-12-10-8-2)86-69(74)54-48-42-36-30-29-32-38-44-50-62(5)6/h61-65,70H,7-60H2,1-6H3,(H,75,76)(H,77,78)/t63-,64+,65+/m0/s1. The van der Waals surface area contributed by atoms with Crippen LogP contribution in [0.5, 0.6) is 0 Å². The number of phosphoric acid groups is 2. The van der Waals surface area contributed by atoms with Crippen LogP contribution in [-0.4, -0.2) is 96.7 Å². The zero-order chi connectivity index (χ0) is 65.0. The van der Waals surface area contributed by atoms with Crippen LogP contribution in [0, 0.1) is 11.8 Å². The van der Waals surface area contributed by atoms with Gasteiger partial charge in [0.15, 0.2) is 12.2 Å². The van der Waals surface area contributed by atoms with Gasteiger partial charge >= 0.3 is 39.5 Å². The predicted octanol–water partition coefficient (Wildman–Crippen LogP) is 19.6. The number of aliphatic hydroxyl groups is 1. The summed E-state index contributed by atoms with van der Waals surface area (Å²) in [6, 6.07) is 0. The van der Waals surface area contributed by atoms with Gasteiger partial charge in [0.05, 0.1) is 26.4 Å². The fourth-order valence-corrected chi connectivity index (χ4v) is 12.0. The smallest absolute Gasteiger partial charge is 0.462 e. The van der Waals surface area contributed by atoms with Crippen molar-refractivity contribution >= 4 is 39.5 Å². The van der Waals surface area contributed by atoms with Crippen LogP contribution in [0.1, 0.15) is 350 Å². The Kier molecular flexibility index (Phi) is 59.9. The number of carbonyl (C=O) groups is 4. The number of rotatable bonds is 68. The molecule has 0 aliphatic rings. The second kappa shape index (κ2) is 61.3. The van der Waals surface area contributed by atoms with Crippen LogP contribution in [0.2, 0.25) is 0 Å². The Balaban J connectivity index is 5.22. The molecule has 0 saturated carbocycles. The Labute approximate surface area is 537 Å². The number of hydrogen-bond donors (Lipinski definition) is 3. The summed E-state index contributed by atoms with van der Waals surface area (Å²) in [5, 5.41) is 10.6. The van der Waals surface area contributed by atoms with Crippen molar-refractivity contribution in [2.75, 3.05) is 39.6 Å². The Hall–Kier alpha value is -1.94. The summed E-state index contributed by atoms with van der Waals surface area (Å²) < 4.78 is 68.2. The second-order valence-electron chi connectivity index (χ2n) is 25.9. The highest BCUT2D eigenvalue weighted by molar-refractivity contribution is 7.47. The summed E-state index contributed by atoms with van der Waals surface area (Å²) >= 11 is 0. The van der Waals surface area contributed by atoms with E-state index in [1.807, 2.05) is 0 Å². The Morgan fingerprint density at radius 1 is 0.307 bits per heavy atom. The zero-order valence-corrected chi connectivity index (χ0v) is 58.8. The number of unbranched alkanes of at least 4 members (excludes halogenated alkanes) is 38. The van der Waals surface area contributed by atoms with Gasteiger partial charge in [-0.15, -0.1) is 0 Å². The van der Waals surface area contributed by atoms with Crippen molar-refractivity contribution < 1.29 is 80.2 Å². The van der Waals surface area contributed by atoms with Gasteiger partial charge in [0.2, 0.25) is 0 Å². The summed E-state index contributed by atoms with van der Waals surface area (Å²) in [6.45, 7) is 9.49. The maximum Gasteiger partial charge on any atom is 0.472 e. The first kappa shape index (κ1) is 86.1. The summed E-state index contributed by atoms with van der Waals surface area (Å²) in [6.07, 6.45) is 45.8. The van der Waals surface area contributed by atoms with Gasteiger partial charge in [-0.25, -0.2) is 9.13 Å². The van der Waals surface area contributed by atoms with Crippen molar-refractivity contribution in [2.45, 2.75) is 368 Å². The normalized spacial score (nSPS) is 14.2. The molecule has 0 radical (unpaired) electrons. The number of phosphoric ester groups is 2. The lowest BCUT2D eigenvalue weighted by molar-refractivity contribution is -0.161. The molecule has 0 aromatic rings. The molecule has 0 aromatic carbocycles. The zero-order valence-electron chi connectivity index (χ0n) is 57.0. The van der Waals surface area contributed by atoms with E-state index in [-0.39, 0.29) is 25.7 Å². The first-order chi connectivity index (χ1) is 42.4. The van der Waals surface area contributed by atoms with Crippen molar-refractivity contribution in [2.24, 2.45) is 11.8 Å². The van der Waals surface area contributed by atoms with Crippen LogP contribution in [0.25, 0.3) is 0 Å². The average molecular weight is 1300 g/mol. The highest BCUT2D eigenvalue weighted by atomic mass is 31.2. The predicted molar refractivity (Wildman–Crippen MR) is 354 cm³/mol. The van der Waals surface area contributed by atoms with Gasteiger partial charge in [-0.1, -0.05) is 298 Å². The molecule has 19 heteroatoms. The lowest BCUT2D eigenvalue weighted by Gasteiger charge is -2.21. The maximum atomic E-state index is 13.0. The molecule has 5 atom stereocenters. The van der Waals surface area contributed by atoms with E-state index in [1.165, 1.54) is 161 Å². The molecular weight excluding hydrogens is 1160 g/mol. The summed E-state index contributed by atoms with van der Waals surface area (Å²) in [5.41, 5.74) is 0. The van der Waals surface area contributed by atoms with E-state index in [0.29, 0.717) is 25.7 Å². The first-order valence-corrected chi connectivity index (χ1v) is 39.0. The van der Waals surface area contributed by atoms with E-state index >= 15 is 0 Å². The minimum atomic E-state index is -4.95. The Morgan fingerprint density at radius 2 is 0.523 bits per heavy atom. The first-order valence-electron chi connectivity index (χ1n) is 36.0. The minimum absolute atomic E-state index is 0.104. The summed E-state index contributed by atoms with van der Waals surface area (Å²) in [5.74, 6) is -0.623. The van der Waals surface area contributed by atoms with Crippen LogP contribution in [0.3, 0.4) is 0 Å². The molecule has 88 heavy (non-hydrogen) atoms. The van der Waals surface area contributed by atoms with Crippen LogP contribution in [-0.2, 0) is 65.4 Å². The molecule has 0 aromatic heterocycles. The molecule has 0 aliphatic carbocycles. The van der Waals surface area contributed by atoms with E-state index in [0.717, 1.165) is 108 Å². The van der Waals surface area contributed by atoms with Crippen LogP contribution in [0.4, 0.5) is 0 Å². The molecular formula is C69H134O17P2.